The molecular formula is C8H10O5. The van der Waals surface area contributed by atoms with Crippen molar-refractivity contribution in [2.24, 2.45) is 0 Å². The number of aliphatic carboxylic acids is 1. The van der Waals surface area contributed by atoms with Gasteiger partial charge in [-0.3, -0.25) is 4.79 Å². The van der Waals surface area contributed by atoms with Crippen molar-refractivity contribution in [3.05, 3.63) is 25.3 Å². The molecular weight excluding hydrogens is 176 g/mol. The van der Waals surface area contributed by atoms with Gasteiger partial charge in [0.15, 0.2) is 0 Å². The molecule has 5 nitrogen and oxygen atoms in total. The maximum absolute atomic E-state index is 10.2. The minimum Gasteiger partial charge on any atom is -0.481 e. The molecule has 0 radical (unpaired) electrons. The van der Waals surface area contributed by atoms with Crippen molar-refractivity contribution in [1.82, 2.24) is 0 Å². The van der Waals surface area contributed by atoms with E-state index in [1.165, 1.54) is 0 Å². The van der Waals surface area contributed by atoms with Crippen molar-refractivity contribution in [3.8, 4) is 0 Å². The lowest BCUT2D eigenvalue weighted by molar-refractivity contribution is -0.152. The quantitative estimate of drug-likeness (QED) is 0.386. The molecule has 0 spiro atoms. The SMILES string of the molecule is C=CC(=O)OC(=O)C=C.CC(=O)O. The molecule has 0 aliphatic carbocycles. The van der Waals surface area contributed by atoms with Crippen LogP contribution in [0.1, 0.15) is 6.92 Å². The Morgan fingerprint density at radius 2 is 1.38 bits per heavy atom. The van der Waals surface area contributed by atoms with Crippen LogP contribution in [0.4, 0.5) is 0 Å². The van der Waals surface area contributed by atoms with Crippen LogP contribution in [0.15, 0.2) is 25.3 Å². The van der Waals surface area contributed by atoms with Crippen molar-refractivity contribution >= 4 is 17.9 Å². The zero-order valence-electron chi connectivity index (χ0n) is 7.15. The van der Waals surface area contributed by atoms with Gasteiger partial charge in [-0.15, -0.1) is 0 Å². The van der Waals surface area contributed by atoms with Crippen LogP contribution < -0.4 is 0 Å². The van der Waals surface area contributed by atoms with Gasteiger partial charge in [-0.25, -0.2) is 9.59 Å². The molecule has 0 bridgehead atoms. The fourth-order valence-corrected chi connectivity index (χ4v) is 0.182. The summed E-state index contributed by atoms with van der Waals surface area (Å²) >= 11 is 0. The molecule has 0 aromatic rings. The summed E-state index contributed by atoms with van der Waals surface area (Å²) in [6.45, 7) is 7.26. The highest BCUT2D eigenvalue weighted by Crippen LogP contribution is 1.80. The number of esters is 2. The van der Waals surface area contributed by atoms with Gasteiger partial charge < -0.3 is 9.84 Å². The van der Waals surface area contributed by atoms with E-state index in [4.69, 9.17) is 9.90 Å². The first-order valence-electron chi connectivity index (χ1n) is 3.14. The van der Waals surface area contributed by atoms with Gasteiger partial charge in [0.1, 0.15) is 0 Å². The lowest BCUT2D eigenvalue weighted by atomic mass is 10.6. The first-order chi connectivity index (χ1) is 5.93. The van der Waals surface area contributed by atoms with Gasteiger partial charge >= 0.3 is 11.9 Å². The van der Waals surface area contributed by atoms with Crippen molar-refractivity contribution in [3.63, 3.8) is 0 Å². The molecule has 0 aromatic carbocycles. The molecule has 72 valence electrons. The van der Waals surface area contributed by atoms with Crippen molar-refractivity contribution < 1.29 is 24.2 Å². The molecule has 0 aliphatic heterocycles. The molecule has 0 unspecified atom stereocenters. The van der Waals surface area contributed by atoms with Crippen LogP contribution in [0, 0.1) is 0 Å². The van der Waals surface area contributed by atoms with Crippen molar-refractivity contribution in [2.75, 3.05) is 0 Å². The molecule has 0 saturated carbocycles. The van der Waals surface area contributed by atoms with E-state index in [2.05, 4.69) is 17.9 Å². The van der Waals surface area contributed by atoms with Gasteiger partial charge in [-0.05, 0) is 0 Å². The Bertz CT molecular complexity index is 207. The van der Waals surface area contributed by atoms with E-state index >= 15 is 0 Å². The lowest BCUT2D eigenvalue weighted by Crippen LogP contribution is -2.05. The second-order valence-corrected chi connectivity index (χ2v) is 1.67. The summed E-state index contributed by atoms with van der Waals surface area (Å²) in [5.41, 5.74) is 0. The van der Waals surface area contributed by atoms with Gasteiger partial charge in [0, 0.05) is 19.1 Å². The topological polar surface area (TPSA) is 80.7 Å². The summed E-state index contributed by atoms with van der Waals surface area (Å²) < 4.78 is 4.03. The molecule has 0 aliphatic rings. The van der Waals surface area contributed by atoms with E-state index in [0.29, 0.717) is 0 Å². The molecule has 0 saturated heterocycles. The fraction of sp³-hybridized carbons (Fsp3) is 0.125. The van der Waals surface area contributed by atoms with Crippen LogP contribution in [-0.4, -0.2) is 23.0 Å². The Kier molecular flexibility index (Phi) is 8.61. The molecule has 0 fully saturated rings. The first-order valence-corrected chi connectivity index (χ1v) is 3.14. The van der Waals surface area contributed by atoms with Crippen LogP contribution >= 0.6 is 0 Å². The van der Waals surface area contributed by atoms with Crippen LogP contribution in [0.2, 0.25) is 0 Å². The number of carbonyl (C=O) groups excluding carboxylic acids is 2. The number of hydrogen-bond donors (Lipinski definition) is 1. The predicted molar refractivity (Wildman–Crippen MR) is 44.8 cm³/mol. The smallest absolute Gasteiger partial charge is 0.338 e. The third kappa shape index (κ3) is 17.8. The first kappa shape index (κ1) is 13.7. The Hall–Kier alpha value is -1.91. The zero-order valence-corrected chi connectivity index (χ0v) is 7.15. The zero-order chi connectivity index (χ0) is 10.9. The van der Waals surface area contributed by atoms with E-state index < -0.39 is 17.9 Å². The fourth-order valence-electron chi connectivity index (χ4n) is 0.182. The predicted octanol–water partition coefficient (Wildman–Crippen LogP) is 0.519. The lowest BCUT2D eigenvalue weighted by Gasteiger charge is -1.90. The van der Waals surface area contributed by atoms with E-state index in [-0.39, 0.29) is 0 Å². The molecule has 5 heteroatoms. The van der Waals surface area contributed by atoms with Crippen LogP contribution in [0.3, 0.4) is 0 Å². The maximum Gasteiger partial charge on any atom is 0.338 e. The molecule has 0 atom stereocenters. The number of hydrogen-bond acceptors (Lipinski definition) is 4. The molecule has 0 amide bonds. The monoisotopic (exact) mass is 186 g/mol. The number of carboxylic acid groups (broad SMARTS) is 1. The third-order valence-corrected chi connectivity index (χ3v) is 0.535. The summed E-state index contributed by atoms with van der Waals surface area (Å²) in [5, 5.41) is 7.42. The standard InChI is InChI=1S/C6H6O3.C2H4O2/c1-3-5(7)9-6(8)4-2;1-2(3)4/h3-4H,1-2H2;1H3,(H,3,4). The van der Waals surface area contributed by atoms with E-state index in [1.54, 1.807) is 0 Å². The summed E-state index contributed by atoms with van der Waals surface area (Å²) in [5.74, 6) is -2.36. The Morgan fingerprint density at radius 1 is 1.15 bits per heavy atom. The normalized spacial score (nSPS) is 7.15. The minimum atomic E-state index is -0.833. The maximum atomic E-state index is 10.2. The van der Waals surface area contributed by atoms with Crippen LogP contribution in [-0.2, 0) is 19.1 Å². The highest BCUT2D eigenvalue weighted by Gasteiger charge is 1.99. The third-order valence-electron chi connectivity index (χ3n) is 0.535. The highest BCUT2D eigenvalue weighted by molar-refractivity contribution is 5.95. The molecule has 0 heterocycles. The van der Waals surface area contributed by atoms with E-state index in [1.807, 2.05) is 0 Å². The van der Waals surface area contributed by atoms with Gasteiger partial charge in [-0.1, -0.05) is 13.2 Å². The minimum absolute atomic E-state index is 0.764. The Labute approximate surface area is 75.3 Å². The average Bonchev–Trinajstić information content (AvgIpc) is 2.03. The second-order valence-electron chi connectivity index (χ2n) is 1.67. The van der Waals surface area contributed by atoms with Gasteiger partial charge in [0.25, 0.3) is 5.97 Å². The number of carbonyl (C=O) groups is 3. The molecule has 1 N–H and O–H groups in total. The molecule has 0 aromatic heterocycles. The summed E-state index contributed by atoms with van der Waals surface area (Å²) in [4.78, 5) is 29.3. The molecule has 0 rings (SSSR count). The Morgan fingerprint density at radius 3 is 1.54 bits per heavy atom. The highest BCUT2D eigenvalue weighted by atomic mass is 16.6. The second kappa shape index (κ2) is 8.19. The number of rotatable bonds is 2. The summed E-state index contributed by atoms with van der Waals surface area (Å²) in [7, 11) is 0. The largest absolute Gasteiger partial charge is 0.481 e. The van der Waals surface area contributed by atoms with Gasteiger partial charge in [-0.2, -0.15) is 0 Å². The van der Waals surface area contributed by atoms with Crippen LogP contribution in [0.25, 0.3) is 0 Å². The summed E-state index contributed by atoms with van der Waals surface area (Å²) in [6, 6.07) is 0. The molecule has 13 heavy (non-hydrogen) atoms. The Balaban J connectivity index is 0. The van der Waals surface area contributed by atoms with Gasteiger partial charge in [0.05, 0.1) is 0 Å². The number of ether oxygens (including phenoxy) is 1. The average molecular weight is 186 g/mol. The summed E-state index contributed by atoms with van der Waals surface area (Å²) in [6.07, 6.45) is 1.81. The number of carboxylic acids is 1. The van der Waals surface area contributed by atoms with E-state index in [0.717, 1.165) is 19.1 Å². The van der Waals surface area contributed by atoms with Gasteiger partial charge in [0.2, 0.25) is 0 Å². The van der Waals surface area contributed by atoms with Crippen molar-refractivity contribution in [2.45, 2.75) is 6.92 Å². The van der Waals surface area contributed by atoms with Crippen LogP contribution in [0.5, 0.6) is 0 Å². The van der Waals surface area contributed by atoms with Crippen molar-refractivity contribution in [1.29, 1.82) is 0 Å². The van der Waals surface area contributed by atoms with E-state index in [9.17, 15) is 9.59 Å².